The lowest BCUT2D eigenvalue weighted by Crippen LogP contribution is -2.20. The van der Waals surface area contributed by atoms with Crippen molar-refractivity contribution >= 4 is 20.4 Å². The second kappa shape index (κ2) is 10.4. The van der Waals surface area contributed by atoms with E-state index in [2.05, 4.69) is 0 Å². The van der Waals surface area contributed by atoms with E-state index in [1.165, 1.54) is 0 Å². The molecule has 11 heteroatoms. The molecule has 0 heterocycles. The molecule has 4 aromatic carbocycles. The van der Waals surface area contributed by atoms with Crippen LogP contribution in [-0.4, -0.2) is 8.42 Å². The molecular formula is C28H22F6O3S2. The Labute approximate surface area is 223 Å². The molecule has 0 saturated heterocycles. The van der Waals surface area contributed by atoms with Crippen LogP contribution in [0.4, 0.5) is 26.3 Å². The van der Waals surface area contributed by atoms with Crippen LogP contribution in [0.3, 0.4) is 0 Å². The summed E-state index contributed by atoms with van der Waals surface area (Å²) in [7, 11) is -8.58. The fraction of sp³-hybridized carbons (Fsp3) is 0.143. The third-order valence-corrected chi connectivity index (χ3v) is 11.0. The maximum Gasteiger partial charge on any atom is 0.417 e. The largest absolute Gasteiger partial charge is 0.417 e. The van der Waals surface area contributed by atoms with Gasteiger partial charge in [-0.05, 0) is 89.9 Å². The first-order valence-electron chi connectivity index (χ1n) is 11.4. The van der Waals surface area contributed by atoms with E-state index in [1.807, 2.05) is 6.07 Å². The van der Waals surface area contributed by atoms with Gasteiger partial charge in [-0.1, -0.05) is 42.5 Å². The summed E-state index contributed by atoms with van der Waals surface area (Å²) in [6.07, 6.45) is -10.5. The zero-order valence-corrected chi connectivity index (χ0v) is 22.2. The second-order valence-electron chi connectivity index (χ2n) is 8.73. The van der Waals surface area contributed by atoms with Crippen LogP contribution in [0, 0.1) is 13.8 Å². The van der Waals surface area contributed by atoms with Gasteiger partial charge in [0, 0.05) is 14.7 Å². The third kappa shape index (κ3) is 5.85. The summed E-state index contributed by atoms with van der Waals surface area (Å²) in [4.78, 5) is -0.284. The number of halogens is 6. The molecular weight excluding hydrogens is 562 g/mol. The van der Waals surface area contributed by atoms with Gasteiger partial charge < -0.3 is 0 Å². The second-order valence-corrected chi connectivity index (χ2v) is 13.2. The molecule has 0 bridgehead atoms. The van der Waals surface area contributed by atoms with E-state index >= 15 is 0 Å². The average Bonchev–Trinajstić information content (AvgIpc) is 2.86. The van der Waals surface area contributed by atoms with Crippen LogP contribution in [0.15, 0.2) is 117 Å². The molecule has 0 aromatic heterocycles. The monoisotopic (exact) mass is 584 g/mol. The molecule has 0 saturated carbocycles. The van der Waals surface area contributed by atoms with E-state index in [-0.39, 0.29) is 6.07 Å². The van der Waals surface area contributed by atoms with Gasteiger partial charge in [0.05, 0.1) is 11.1 Å². The summed E-state index contributed by atoms with van der Waals surface area (Å²) in [5, 5.41) is 0. The highest BCUT2D eigenvalue weighted by Crippen LogP contribution is 2.70. The Bertz CT molecular complexity index is 1520. The fourth-order valence-electron chi connectivity index (χ4n) is 4.17. The van der Waals surface area contributed by atoms with Crippen molar-refractivity contribution in [1.82, 2.24) is 0 Å². The Kier molecular flexibility index (Phi) is 7.63. The molecule has 206 valence electrons. The van der Waals surface area contributed by atoms with Crippen molar-refractivity contribution in [3.63, 3.8) is 0 Å². The van der Waals surface area contributed by atoms with Gasteiger partial charge in [-0.2, -0.15) is 34.8 Å². The molecule has 0 aliphatic rings. The zero-order chi connectivity index (χ0) is 28.6. The van der Waals surface area contributed by atoms with Crippen molar-refractivity contribution in [2.24, 2.45) is 0 Å². The van der Waals surface area contributed by atoms with Crippen molar-refractivity contribution < 1.29 is 38.4 Å². The Morgan fingerprint density at radius 3 is 1.51 bits per heavy atom. The van der Waals surface area contributed by atoms with E-state index in [0.29, 0.717) is 26.8 Å². The number of benzene rings is 4. The molecule has 4 aromatic rings. The van der Waals surface area contributed by atoms with Crippen molar-refractivity contribution in [3.05, 3.63) is 119 Å². The van der Waals surface area contributed by atoms with Gasteiger partial charge in [0.2, 0.25) is 0 Å². The predicted octanol–water partition coefficient (Wildman–Crippen LogP) is 8.94. The lowest BCUT2D eigenvalue weighted by Gasteiger charge is -2.40. The van der Waals surface area contributed by atoms with Crippen LogP contribution in [0.2, 0.25) is 0 Å². The summed E-state index contributed by atoms with van der Waals surface area (Å²) in [5.41, 5.74) is -2.10. The van der Waals surface area contributed by atoms with Crippen LogP contribution in [0.1, 0.15) is 22.3 Å². The third-order valence-electron chi connectivity index (χ3n) is 5.75. The number of hydrogen-bond acceptors (Lipinski definition) is 3. The van der Waals surface area contributed by atoms with E-state index in [9.17, 15) is 34.8 Å². The van der Waals surface area contributed by atoms with E-state index in [1.54, 1.807) is 86.6 Å². The summed E-state index contributed by atoms with van der Waals surface area (Å²) >= 11 is 0. The number of alkyl halides is 6. The summed E-state index contributed by atoms with van der Waals surface area (Å²) in [6.45, 7) is 3.56. The van der Waals surface area contributed by atoms with Gasteiger partial charge in [-0.15, -0.1) is 0 Å². The lowest BCUT2D eigenvalue weighted by molar-refractivity contribution is -0.144. The topological polar surface area (TPSA) is 43.4 Å². The van der Waals surface area contributed by atoms with Crippen molar-refractivity contribution in [3.8, 4) is 0 Å². The molecule has 0 radical (unpaired) electrons. The van der Waals surface area contributed by atoms with E-state index < -0.39 is 48.8 Å². The van der Waals surface area contributed by atoms with Crippen molar-refractivity contribution in [2.45, 2.75) is 45.8 Å². The predicted molar refractivity (Wildman–Crippen MR) is 136 cm³/mol. The van der Waals surface area contributed by atoms with Gasteiger partial charge in [0.15, 0.2) is 0 Å². The van der Waals surface area contributed by atoms with Crippen LogP contribution in [-0.2, 0) is 26.1 Å². The molecule has 4 rings (SSSR count). The minimum absolute atomic E-state index is 0.213. The van der Waals surface area contributed by atoms with E-state index in [0.717, 1.165) is 11.1 Å². The first kappa shape index (κ1) is 28.7. The molecule has 3 nitrogen and oxygen atoms in total. The smallest absolute Gasteiger partial charge is 0.203 e. The summed E-state index contributed by atoms with van der Waals surface area (Å²) in [6, 6.07) is 21.9. The minimum atomic E-state index is -5.41. The Morgan fingerprint density at radius 1 is 0.590 bits per heavy atom. The zero-order valence-electron chi connectivity index (χ0n) is 20.5. The van der Waals surface area contributed by atoms with Crippen molar-refractivity contribution in [1.29, 1.82) is 0 Å². The average molecular weight is 585 g/mol. The minimum Gasteiger partial charge on any atom is -0.203 e. The summed E-state index contributed by atoms with van der Waals surface area (Å²) < 4.78 is 115. The molecule has 0 unspecified atom stereocenters. The Hall–Kier alpha value is -3.28. The highest BCUT2D eigenvalue weighted by Gasteiger charge is 2.44. The van der Waals surface area contributed by atoms with Crippen LogP contribution < -0.4 is 0 Å². The fourth-order valence-corrected chi connectivity index (χ4v) is 9.76. The van der Waals surface area contributed by atoms with E-state index in [4.69, 9.17) is 3.63 Å². The molecule has 0 N–H and O–H groups in total. The maximum absolute atomic E-state index is 14.0. The molecule has 0 atom stereocenters. The molecule has 0 aliphatic heterocycles. The van der Waals surface area contributed by atoms with Gasteiger partial charge in [-0.3, -0.25) is 0 Å². The van der Waals surface area contributed by atoms with Gasteiger partial charge in [-0.25, -0.2) is 3.63 Å². The quantitative estimate of drug-likeness (QED) is 0.213. The molecule has 39 heavy (non-hydrogen) atoms. The Balaban J connectivity index is 2.06. The van der Waals surface area contributed by atoms with Crippen molar-refractivity contribution in [2.75, 3.05) is 0 Å². The van der Waals surface area contributed by atoms with Gasteiger partial charge >= 0.3 is 22.5 Å². The first-order chi connectivity index (χ1) is 18.1. The van der Waals surface area contributed by atoms with Gasteiger partial charge in [0.1, 0.15) is 4.90 Å². The standard InChI is InChI=1S/C28H22F6O3S2/c1-19-15-20(2)17-24(16-19)38(22-9-5-3-6-10-22,23-11-7-4-8-12-23)37-39(35,36)26-14-13-21(27(29,30)31)18-25(26)28(32,33)34/h3-18H,1-2H3. The lowest BCUT2D eigenvalue weighted by atomic mass is 10.1. The molecule has 0 fully saturated rings. The normalized spacial score (nSPS) is 13.3. The van der Waals surface area contributed by atoms with Gasteiger partial charge in [0.25, 0.3) is 0 Å². The molecule has 0 spiro atoms. The highest BCUT2D eigenvalue weighted by atomic mass is 32.3. The van der Waals surface area contributed by atoms with Crippen LogP contribution in [0.5, 0.6) is 0 Å². The molecule has 0 amide bonds. The SMILES string of the molecule is Cc1cc(C)cc(S(OS(=O)(=O)c2ccc(C(F)(F)F)cc2C(F)(F)F)(c2ccccc2)c2ccccc2)c1. The highest BCUT2D eigenvalue weighted by molar-refractivity contribution is 8.33. The molecule has 0 aliphatic carbocycles. The van der Waals surface area contributed by atoms with Crippen LogP contribution in [0.25, 0.3) is 0 Å². The maximum atomic E-state index is 14.0. The van der Waals surface area contributed by atoms with Crippen LogP contribution >= 0.6 is 10.3 Å². The summed E-state index contributed by atoms with van der Waals surface area (Å²) in [5.74, 6) is 0. The number of aryl methyl sites for hydroxylation is 2. The number of rotatable bonds is 6. The Morgan fingerprint density at radius 2 is 1.08 bits per heavy atom. The first-order valence-corrected chi connectivity index (χ1v) is 14.4. The number of hydrogen-bond donors (Lipinski definition) is 0.